The second-order valence-electron chi connectivity index (χ2n) is 5.44. The molecule has 4 nitrogen and oxygen atoms in total. The van der Waals surface area contributed by atoms with Crippen molar-refractivity contribution in [3.8, 4) is 11.1 Å². The van der Waals surface area contributed by atoms with Gasteiger partial charge in [-0.1, -0.05) is 37.3 Å². The summed E-state index contributed by atoms with van der Waals surface area (Å²) >= 11 is 0. The average Bonchev–Trinajstić information content (AvgIpc) is 2.58. The summed E-state index contributed by atoms with van der Waals surface area (Å²) in [4.78, 5) is 12.6. The third-order valence-corrected chi connectivity index (χ3v) is 5.71. The predicted octanol–water partition coefficient (Wildman–Crippen LogP) is 3.00. The molecule has 0 atom stereocenters. The molecule has 0 fully saturated rings. The third kappa shape index (κ3) is 2.68. The molecular weight excluding hydrogens is 310 g/mol. The fourth-order valence-electron chi connectivity index (χ4n) is 2.67. The van der Waals surface area contributed by atoms with Crippen molar-refractivity contribution >= 4 is 20.6 Å². The molecule has 2 aromatic carbocycles. The van der Waals surface area contributed by atoms with E-state index in [4.69, 9.17) is 0 Å². The Bertz CT molecular complexity index is 1050. The summed E-state index contributed by atoms with van der Waals surface area (Å²) in [5.41, 5.74) is 1.56. The molecule has 118 valence electrons. The van der Waals surface area contributed by atoms with Gasteiger partial charge in [0.15, 0.2) is 9.84 Å². The highest BCUT2D eigenvalue weighted by molar-refractivity contribution is 7.91. The van der Waals surface area contributed by atoms with Crippen LogP contribution in [-0.4, -0.2) is 18.7 Å². The Balaban J connectivity index is 2.32. The van der Waals surface area contributed by atoms with E-state index in [9.17, 15) is 13.2 Å². The lowest BCUT2D eigenvalue weighted by Gasteiger charge is -2.11. The fourth-order valence-corrected chi connectivity index (χ4v) is 3.60. The Morgan fingerprint density at radius 2 is 1.70 bits per heavy atom. The van der Waals surface area contributed by atoms with E-state index in [1.165, 1.54) is 4.57 Å². The lowest BCUT2D eigenvalue weighted by molar-refractivity contribution is 0.597. The number of fused-ring (bicyclic) bond motifs is 1. The van der Waals surface area contributed by atoms with E-state index in [0.717, 1.165) is 16.5 Å². The molecule has 0 bridgehead atoms. The van der Waals surface area contributed by atoms with E-state index in [2.05, 4.69) is 0 Å². The van der Waals surface area contributed by atoms with Crippen LogP contribution < -0.4 is 5.56 Å². The van der Waals surface area contributed by atoms with Gasteiger partial charge in [-0.2, -0.15) is 0 Å². The van der Waals surface area contributed by atoms with Gasteiger partial charge in [0.05, 0.1) is 10.6 Å². The second-order valence-corrected chi connectivity index (χ2v) is 7.71. The molecule has 0 spiro atoms. The Kier molecular flexibility index (Phi) is 3.82. The summed E-state index contributed by atoms with van der Waals surface area (Å²) < 4.78 is 25.8. The number of hydrogen-bond donors (Lipinski definition) is 0. The van der Waals surface area contributed by atoms with E-state index in [1.54, 1.807) is 44.4 Å². The highest BCUT2D eigenvalue weighted by Crippen LogP contribution is 2.28. The smallest absolute Gasteiger partial charge is 0.258 e. The zero-order valence-electron chi connectivity index (χ0n) is 13.0. The molecule has 0 amide bonds. The lowest BCUT2D eigenvalue weighted by atomic mass is 10.0. The minimum atomic E-state index is -3.27. The van der Waals surface area contributed by atoms with Crippen LogP contribution in [0, 0.1) is 0 Å². The summed E-state index contributed by atoms with van der Waals surface area (Å²) in [6.45, 7) is 1.63. The molecule has 0 radical (unpaired) electrons. The standard InChI is InChI=1S/C18H17NO3S/c1-3-23(21,22)14-8-6-7-13(11-14)17-12-19(2)18(20)16-10-5-4-9-15(16)17/h4-12H,3H2,1-2H3. The molecule has 0 unspecified atom stereocenters. The van der Waals surface area contributed by atoms with Crippen molar-refractivity contribution in [1.29, 1.82) is 0 Å². The number of aromatic nitrogens is 1. The van der Waals surface area contributed by atoms with Crippen LogP contribution in [-0.2, 0) is 16.9 Å². The molecule has 1 heterocycles. The number of nitrogens with zero attached hydrogens (tertiary/aromatic N) is 1. The molecule has 3 aromatic rings. The summed E-state index contributed by atoms with van der Waals surface area (Å²) in [6.07, 6.45) is 1.75. The van der Waals surface area contributed by atoms with Gasteiger partial charge >= 0.3 is 0 Å². The molecule has 0 N–H and O–H groups in total. The normalized spacial score (nSPS) is 11.7. The molecule has 0 saturated carbocycles. The molecule has 0 saturated heterocycles. The van der Waals surface area contributed by atoms with Crippen LogP contribution in [0.4, 0.5) is 0 Å². The van der Waals surface area contributed by atoms with Crippen molar-refractivity contribution < 1.29 is 8.42 Å². The maximum Gasteiger partial charge on any atom is 0.258 e. The van der Waals surface area contributed by atoms with Crippen molar-refractivity contribution in [3.63, 3.8) is 0 Å². The maximum absolute atomic E-state index is 12.3. The quantitative estimate of drug-likeness (QED) is 0.743. The van der Waals surface area contributed by atoms with E-state index in [0.29, 0.717) is 10.3 Å². The number of aryl methyl sites for hydroxylation is 1. The average molecular weight is 327 g/mol. The Hall–Kier alpha value is -2.40. The highest BCUT2D eigenvalue weighted by Gasteiger charge is 2.14. The number of hydrogen-bond acceptors (Lipinski definition) is 3. The van der Waals surface area contributed by atoms with Crippen LogP contribution in [0.5, 0.6) is 0 Å². The van der Waals surface area contributed by atoms with Crippen LogP contribution in [0.25, 0.3) is 21.9 Å². The largest absolute Gasteiger partial charge is 0.317 e. The minimum absolute atomic E-state index is 0.0600. The van der Waals surface area contributed by atoms with Crippen molar-refractivity contribution in [2.45, 2.75) is 11.8 Å². The number of pyridine rings is 1. The van der Waals surface area contributed by atoms with E-state index >= 15 is 0 Å². The molecule has 1 aromatic heterocycles. The van der Waals surface area contributed by atoms with Crippen LogP contribution >= 0.6 is 0 Å². The van der Waals surface area contributed by atoms with Crippen LogP contribution in [0.3, 0.4) is 0 Å². The Morgan fingerprint density at radius 1 is 1.00 bits per heavy atom. The first-order valence-electron chi connectivity index (χ1n) is 7.35. The van der Waals surface area contributed by atoms with Gasteiger partial charge < -0.3 is 4.57 Å². The van der Waals surface area contributed by atoms with Gasteiger partial charge in [0.25, 0.3) is 5.56 Å². The zero-order chi connectivity index (χ0) is 16.6. The molecule has 5 heteroatoms. The Labute approximate surface area is 134 Å². The van der Waals surface area contributed by atoms with Crippen LogP contribution in [0.2, 0.25) is 0 Å². The van der Waals surface area contributed by atoms with Gasteiger partial charge in [0.2, 0.25) is 0 Å². The number of rotatable bonds is 3. The topological polar surface area (TPSA) is 56.1 Å². The maximum atomic E-state index is 12.3. The van der Waals surface area contributed by atoms with Gasteiger partial charge in [-0.15, -0.1) is 0 Å². The van der Waals surface area contributed by atoms with Gasteiger partial charge in [-0.3, -0.25) is 4.79 Å². The van der Waals surface area contributed by atoms with E-state index in [1.807, 2.05) is 24.3 Å². The zero-order valence-corrected chi connectivity index (χ0v) is 13.8. The number of benzene rings is 2. The molecular formula is C18H17NO3S. The van der Waals surface area contributed by atoms with Crippen molar-refractivity contribution in [2.75, 3.05) is 5.75 Å². The Morgan fingerprint density at radius 3 is 2.39 bits per heavy atom. The summed E-state index contributed by atoms with van der Waals surface area (Å²) in [7, 11) is -1.57. The highest BCUT2D eigenvalue weighted by atomic mass is 32.2. The van der Waals surface area contributed by atoms with Crippen molar-refractivity contribution in [3.05, 3.63) is 65.1 Å². The molecule has 23 heavy (non-hydrogen) atoms. The minimum Gasteiger partial charge on any atom is -0.317 e. The SMILES string of the molecule is CCS(=O)(=O)c1cccc(-c2cn(C)c(=O)c3ccccc23)c1. The summed E-state index contributed by atoms with van der Waals surface area (Å²) in [5, 5.41) is 1.44. The molecule has 0 aliphatic rings. The van der Waals surface area contributed by atoms with Crippen LogP contribution in [0.15, 0.2) is 64.4 Å². The molecule has 3 rings (SSSR count). The number of sulfone groups is 1. The van der Waals surface area contributed by atoms with Gasteiger partial charge in [0.1, 0.15) is 0 Å². The monoisotopic (exact) mass is 327 g/mol. The van der Waals surface area contributed by atoms with Gasteiger partial charge in [0, 0.05) is 24.2 Å². The second kappa shape index (κ2) is 5.66. The molecule has 0 aliphatic heterocycles. The summed E-state index contributed by atoms with van der Waals surface area (Å²) in [6, 6.07) is 14.2. The van der Waals surface area contributed by atoms with E-state index in [-0.39, 0.29) is 11.3 Å². The van der Waals surface area contributed by atoms with Gasteiger partial charge in [-0.25, -0.2) is 8.42 Å². The fraction of sp³-hybridized carbons (Fsp3) is 0.167. The third-order valence-electron chi connectivity index (χ3n) is 3.97. The first kappa shape index (κ1) is 15.5. The van der Waals surface area contributed by atoms with Gasteiger partial charge in [-0.05, 0) is 29.1 Å². The van der Waals surface area contributed by atoms with E-state index < -0.39 is 9.84 Å². The molecule has 0 aliphatic carbocycles. The van der Waals surface area contributed by atoms with Crippen molar-refractivity contribution in [1.82, 2.24) is 4.57 Å². The predicted molar refractivity (Wildman–Crippen MR) is 92.4 cm³/mol. The first-order chi connectivity index (χ1) is 10.9. The lowest BCUT2D eigenvalue weighted by Crippen LogP contribution is -2.16. The summed E-state index contributed by atoms with van der Waals surface area (Å²) in [5.74, 6) is 0.0600. The van der Waals surface area contributed by atoms with Crippen LogP contribution in [0.1, 0.15) is 6.92 Å². The van der Waals surface area contributed by atoms with Crippen molar-refractivity contribution in [2.24, 2.45) is 7.05 Å². The first-order valence-corrected chi connectivity index (χ1v) is 9.01.